The predicted molar refractivity (Wildman–Crippen MR) is 101 cm³/mol. The Kier molecular flexibility index (Phi) is 5.88. The maximum Gasteiger partial charge on any atom is 0.0805 e. The van der Waals surface area contributed by atoms with Crippen molar-refractivity contribution >= 4 is 11.3 Å². The fraction of sp³-hybridized carbons (Fsp3) is 0.571. The summed E-state index contributed by atoms with van der Waals surface area (Å²) in [6.45, 7) is 4.53. The van der Waals surface area contributed by atoms with E-state index >= 15 is 0 Å². The molecule has 0 N–H and O–H groups in total. The minimum atomic E-state index is 0.889. The van der Waals surface area contributed by atoms with Crippen molar-refractivity contribution < 1.29 is 0 Å². The normalized spacial score (nSPS) is 17.2. The van der Waals surface area contributed by atoms with E-state index in [0.29, 0.717) is 0 Å². The fourth-order valence-corrected chi connectivity index (χ4v) is 4.73. The van der Waals surface area contributed by atoms with Crippen LogP contribution in [0, 0.1) is 5.92 Å². The van der Waals surface area contributed by atoms with Crippen molar-refractivity contribution in [1.29, 1.82) is 0 Å². The number of thiophene rings is 1. The Morgan fingerprint density at radius 1 is 1.09 bits per heavy atom. The highest BCUT2D eigenvalue weighted by atomic mass is 32.1. The van der Waals surface area contributed by atoms with Gasteiger partial charge in [-0.1, -0.05) is 52.0 Å². The molecule has 23 heavy (non-hydrogen) atoms. The molecule has 0 unspecified atom stereocenters. The molecule has 1 nitrogen and oxygen atoms in total. The molecule has 0 spiro atoms. The van der Waals surface area contributed by atoms with E-state index in [1.54, 1.807) is 0 Å². The highest BCUT2D eigenvalue weighted by molar-refractivity contribution is 7.15. The number of hydrogen-bond donors (Lipinski definition) is 0. The molecule has 0 fully saturated rings. The first-order valence-electron chi connectivity index (χ1n) is 9.38. The van der Waals surface area contributed by atoms with E-state index in [1.165, 1.54) is 84.5 Å². The molecule has 2 aromatic rings. The van der Waals surface area contributed by atoms with Gasteiger partial charge in [-0.3, -0.25) is 4.98 Å². The van der Waals surface area contributed by atoms with Gasteiger partial charge in [-0.25, -0.2) is 0 Å². The fourth-order valence-electron chi connectivity index (χ4n) is 3.65. The van der Waals surface area contributed by atoms with Gasteiger partial charge in [0.2, 0.25) is 0 Å². The molecule has 1 aliphatic carbocycles. The van der Waals surface area contributed by atoms with E-state index in [2.05, 4.69) is 38.1 Å². The van der Waals surface area contributed by atoms with Crippen LogP contribution in [0.5, 0.6) is 0 Å². The van der Waals surface area contributed by atoms with Crippen LogP contribution in [0.25, 0.3) is 10.6 Å². The Balaban J connectivity index is 1.68. The maximum absolute atomic E-state index is 5.00. The summed E-state index contributed by atoms with van der Waals surface area (Å²) in [5.74, 6) is 0.889. The Bertz CT molecular complexity index is 629. The summed E-state index contributed by atoms with van der Waals surface area (Å²) in [5, 5.41) is 0. The van der Waals surface area contributed by atoms with Gasteiger partial charge < -0.3 is 0 Å². The van der Waals surface area contributed by atoms with E-state index in [0.717, 1.165) is 5.92 Å². The van der Waals surface area contributed by atoms with E-state index in [-0.39, 0.29) is 0 Å². The maximum atomic E-state index is 5.00. The van der Waals surface area contributed by atoms with Crippen LogP contribution in [-0.2, 0) is 19.3 Å². The van der Waals surface area contributed by atoms with Gasteiger partial charge in [0.1, 0.15) is 0 Å². The number of aromatic nitrogens is 1. The molecule has 0 aliphatic heterocycles. The van der Waals surface area contributed by atoms with Gasteiger partial charge in [-0.15, -0.1) is 11.3 Å². The van der Waals surface area contributed by atoms with Gasteiger partial charge >= 0.3 is 0 Å². The highest BCUT2D eigenvalue weighted by Crippen LogP contribution is 2.32. The van der Waals surface area contributed by atoms with Crippen LogP contribution in [0.3, 0.4) is 0 Å². The lowest BCUT2D eigenvalue weighted by molar-refractivity contribution is 0.404. The Morgan fingerprint density at radius 2 is 2.00 bits per heavy atom. The molecule has 1 atom stereocenters. The average Bonchev–Trinajstić information content (AvgIpc) is 3.04. The van der Waals surface area contributed by atoms with Crippen molar-refractivity contribution in [3.8, 4) is 10.6 Å². The third kappa shape index (κ3) is 4.23. The minimum Gasteiger partial charge on any atom is -0.252 e. The van der Waals surface area contributed by atoms with Crippen LogP contribution in [0.2, 0.25) is 0 Å². The summed E-state index contributed by atoms with van der Waals surface area (Å²) in [7, 11) is 0. The Hall–Kier alpha value is -1.15. The lowest BCUT2D eigenvalue weighted by Gasteiger charge is -2.24. The summed E-state index contributed by atoms with van der Waals surface area (Å²) >= 11 is 1.91. The van der Waals surface area contributed by atoms with Crippen molar-refractivity contribution in [3.63, 3.8) is 0 Å². The van der Waals surface area contributed by atoms with Gasteiger partial charge in [-0.05, 0) is 55.4 Å². The van der Waals surface area contributed by atoms with Crippen LogP contribution < -0.4 is 0 Å². The number of fused-ring (bicyclic) bond motifs is 1. The number of pyridine rings is 1. The quantitative estimate of drug-likeness (QED) is 0.533. The Morgan fingerprint density at radius 3 is 2.83 bits per heavy atom. The molecule has 0 aromatic carbocycles. The van der Waals surface area contributed by atoms with E-state index < -0.39 is 0 Å². The number of aryl methyl sites for hydroxylation is 2. The van der Waals surface area contributed by atoms with Crippen molar-refractivity contribution in [3.05, 3.63) is 40.4 Å². The number of unbranched alkanes of at least 4 members (excludes halogenated alkanes) is 2. The average molecular weight is 328 g/mol. The van der Waals surface area contributed by atoms with Crippen LogP contribution >= 0.6 is 11.3 Å². The van der Waals surface area contributed by atoms with Crippen LogP contribution in [-0.4, -0.2) is 4.98 Å². The molecule has 2 heteroatoms. The topological polar surface area (TPSA) is 12.9 Å². The summed E-state index contributed by atoms with van der Waals surface area (Å²) in [6.07, 6.45) is 11.7. The van der Waals surface area contributed by atoms with Crippen LogP contribution in [0.4, 0.5) is 0 Å². The molecule has 124 valence electrons. The monoisotopic (exact) mass is 327 g/mol. The smallest absolute Gasteiger partial charge is 0.0805 e. The van der Waals surface area contributed by atoms with Gasteiger partial charge in [0, 0.05) is 10.6 Å². The molecule has 0 saturated carbocycles. The van der Waals surface area contributed by atoms with E-state index in [1.807, 2.05) is 11.3 Å². The summed E-state index contributed by atoms with van der Waals surface area (Å²) < 4.78 is 0. The van der Waals surface area contributed by atoms with Crippen molar-refractivity contribution in [1.82, 2.24) is 4.98 Å². The first-order chi connectivity index (χ1) is 11.3. The first kappa shape index (κ1) is 16.7. The summed E-state index contributed by atoms with van der Waals surface area (Å²) in [5.41, 5.74) is 4.05. The van der Waals surface area contributed by atoms with E-state index in [9.17, 15) is 0 Å². The number of hydrogen-bond acceptors (Lipinski definition) is 2. The van der Waals surface area contributed by atoms with Gasteiger partial charge in [0.15, 0.2) is 0 Å². The van der Waals surface area contributed by atoms with Gasteiger partial charge in [-0.2, -0.15) is 0 Å². The number of rotatable bonds is 7. The summed E-state index contributed by atoms with van der Waals surface area (Å²) in [4.78, 5) is 7.82. The van der Waals surface area contributed by atoms with E-state index in [4.69, 9.17) is 4.98 Å². The standard InChI is InChI=1S/C21H29NS/c1-3-5-6-8-16-9-12-19-17(15-16)10-13-20(22-19)21-14-11-18(23-21)7-4-2/h10-11,13-14,16H,3-9,12,15H2,1-2H3/t16-/m0/s1. The molecule has 1 aliphatic rings. The predicted octanol–water partition coefficient (Wildman–Crippen LogP) is 6.45. The largest absolute Gasteiger partial charge is 0.252 e. The first-order valence-corrected chi connectivity index (χ1v) is 10.2. The molecule has 0 radical (unpaired) electrons. The molecule has 0 bridgehead atoms. The third-order valence-corrected chi connectivity index (χ3v) is 6.16. The summed E-state index contributed by atoms with van der Waals surface area (Å²) in [6, 6.07) is 9.12. The zero-order valence-electron chi connectivity index (χ0n) is 14.6. The van der Waals surface area contributed by atoms with Gasteiger partial charge in [0.05, 0.1) is 10.6 Å². The van der Waals surface area contributed by atoms with Crippen molar-refractivity contribution in [2.75, 3.05) is 0 Å². The van der Waals surface area contributed by atoms with Crippen molar-refractivity contribution in [2.24, 2.45) is 5.92 Å². The molecule has 2 aromatic heterocycles. The van der Waals surface area contributed by atoms with Crippen LogP contribution in [0.1, 0.15) is 68.5 Å². The second kappa shape index (κ2) is 8.10. The second-order valence-corrected chi connectivity index (χ2v) is 8.09. The zero-order chi connectivity index (χ0) is 16.1. The van der Waals surface area contributed by atoms with Gasteiger partial charge in [0.25, 0.3) is 0 Å². The molecular formula is C21H29NS. The minimum absolute atomic E-state index is 0.889. The lowest BCUT2D eigenvalue weighted by Crippen LogP contribution is -2.15. The van der Waals surface area contributed by atoms with Crippen LogP contribution in [0.15, 0.2) is 24.3 Å². The molecular weight excluding hydrogens is 298 g/mol. The molecule has 0 saturated heterocycles. The molecule has 3 rings (SSSR count). The lowest BCUT2D eigenvalue weighted by atomic mass is 9.83. The van der Waals surface area contributed by atoms with Crippen molar-refractivity contribution in [2.45, 2.75) is 71.6 Å². The highest BCUT2D eigenvalue weighted by Gasteiger charge is 2.20. The number of nitrogens with zero attached hydrogens (tertiary/aromatic N) is 1. The molecule has 0 amide bonds. The zero-order valence-corrected chi connectivity index (χ0v) is 15.4. The third-order valence-electron chi connectivity index (χ3n) is 4.99. The Labute approximate surface area is 145 Å². The second-order valence-electron chi connectivity index (χ2n) is 6.92. The SMILES string of the molecule is CCCCC[C@H]1CCc2nc(-c3ccc(CCC)s3)ccc2C1. The molecule has 2 heterocycles.